The first-order valence-corrected chi connectivity index (χ1v) is 8.18. The second-order valence-corrected chi connectivity index (χ2v) is 6.00. The minimum absolute atomic E-state index is 0.134. The molecule has 0 spiro atoms. The van der Waals surface area contributed by atoms with E-state index in [9.17, 15) is 0 Å². The van der Waals surface area contributed by atoms with E-state index in [1.165, 1.54) is 5.56 Å². The Labute approximate surface area is 144 Å². The number of anilines is 3. The molecule has 0 bridgehead atoms. The fourth-order valence-electron chi connectivity index (χ4n) is 2.22. The molecule has 2 N–H and O–H groups in total. The summed E-state index contributed by atoms with van der Waals surface area (Å²) in [6.07, 6.45) is 1.74. The third-order valence-corrected chi connectivity index (χ3v) is 4.13. The monoisotopic (exact) mass is 368 g/mol. The maximum atomic E-state index is 4.52. The smallest absolute Gasteiger partial charge is 0.225 e. The molecule has 2 aromatic carbocycles. The molecule has 0 radical (unpaired) electrons. The molecule has 0 aliphatic rings. The molecule has 0 amide bonds. The predicted octanol–water partition coefficient (Wildman–Crippen LogP) is 5.16. The van der Waals surface area contributed by atoms with Gasteiger partial charge in [-0.3, -0.25) is 0 Å². The Morgan fingerprint density at radius 3 is 2.48 bits per heavy atom. The summed E-state index contributed by atoms with van der Waals surface area (Å²) in [6, 6.07) is 20.1. The molecule has 5 heteroatoms. The lowest BCUT2D eigenvalue weighted by molar-refractivity contribution is 0.861. The zero-order chi connectivity index (χ0) is 16.1. The zero-order valence-electron chi connectivity index (χ0n) is 12.7. The molecule has 1 unspecified atom stereocenters. The highest BCUT2D eigenvalue weighted by Gasteiger charge is 2.07. The Hall–Kier alpha value is -2.40. The molecule has 116 valence electrons. The number of halogens is 1. The van der Waals surface area contributed by atoms with Gasteiger partial charge in [0.05, 0.1) is 11.7 Å². The van der Waals surface area contributed by atoms with Crippen LogP contribution >= 0.6 is 15.9 Å². The highest BCUT2D eigenvalue weighted by molar-refractivity contribution is 9.10. The normalized spacial score (nSPS) is 11.7. The quantitative estimate of drug-likeness (QED) is 0.653. The van der Waals surface area contributed by atoms with Crippen molar-refractivity contribution < 1.29 is 0 Å². The third kappa shape index (κ3) is 4.07. The molecule has 1 heterocycles. The van der Waals surface area contributed by atoms with Crippen LogP contribution < -0.4 is 10.6 Å². The number of nitrogens with zero attached hydrogens (tertiary/aromatic N) is 2. The molecule has 0 aliphatic heterocycles. The highest BCUT2D eigenvalue weighted by atomic mass is 79.9. The predicted molar refractivity (Wildman–Crippen MR) is 97.9 cm³/mol. The number of rotatable bonds is 5. The lowest BCUT2D eigenvalue weighted by Gasteiger charge is -2.15. The molecular formula is C18H17BrN4. The Bertz CT molecular complexity index is 777. The highest BCUT2D eigenvalue weighted by Crippen LogP contribution is 2.25. The standard InChI is InChI=1S/C18H17BrN4/c1-13(14-7-3-2-4-8-14)21-18-20-12-11-17(23-18)22-16-10-6-5-9-15(16)19/h2-13H,1H3,(H2,20,21,22,23). The molecule has 3 rings (SSSR count). The lowest BCUT2D eigenvalue weighted by Crippen LogP contribution is -2.10. The zero-order valence-corrected chi connectivity index (χ0v) is 14.3. The molecule has 4 nitrogen and oxygen atoms in total. The Balaban J connectivity index is 1.74. The molecule has 3 aromatic rings. The maximum absolute atomic E-state index is 4.52. The third-order valence-electron chi connectivity index (χ3n) is 3.44. The van der Waals surface area contributed by atoms with E-state index in [1.807, 2.05) is 48.5 Å². The first kappa shape index (κ1) is 15.5. The average Bonchev–Trinajstić information content (AvgIpc) is 2.58. The van der Waals surface area contributed by atoms with Crippen molar-refractivity contribution in [3.05, 3.63) is 76.9 Å². The van der Waals surface area contributed by atoms with Crippen LogP contribution in [0.1, 0.15) is 18.5 Å². The van der Waals surface area contributed by atoms with Crippen molar-refractivity contribution >= 4 is 33.4 Å². The van der Waals surface area contributed by atoms with Gasteiger partial charge in [-0.15, -0.1) is 0 Å². The van der Waals surface area contributed by atoms with Gasteiger partial charge in [0, 0.05) is 10.7 Å². The van der Waals surface area contributed by atoms with E-state index in [1.54, 1.807) is 6.20 Å². The molecule has 0 saturated heterocycles. The molecule has 23 heavy (non-hydrogen) atoms. The van der Waals surface area contributed by atoms with E-state index in [0.717, 1.165) is 16.0 Å². The average molecular weight is 369 g/mol. The van der Waals surface area contributed by atoms with Crippen LogP contribution in [0.5, 0.6) is 0 Å². The van der Waals surface area contributed by atoms with E-state index in [-0.39, 0.29) is 6.04 Å². The molecule has 1 aromatic heterocycles. The van der Waals surface area contributed by atoms with Crippen molar-refractivity contribution in [1.29, 1.82) is 0 Å². The number of benzene rings is 2. The van der Waals surface area contributed by atoms with Crippen LogP contribution in [0.15, 0.2) is 71.3 Å². The van der Waals surface area contributed by atoms with Crippen molar-refractivity contribution in [2.24, 2.45) is 0 Å². The first-order chi connectivity index (χ1) is 11.2. The van der Waals surface area contributed by atoms with Gasteiger partial charge in [0.15, 0.2) is 0 Å². The van der Waals surface area contributed by atoms with Gasteiger partial charge in [-0.2, -0.15) is 4.98 Å². The first-order valence-electron chi connectivity index (χ1n) is 7.38. The van der Waals surface area contributed by atoms with Gasteiger partial charge in [0.1, 0.15) is 5.82 Å². The van der Waals surface area contributed by atoms with Crippen molar-refractivity contribution in [3.63, 3.8) is 0 Å². The SMILES string of the molecule is CC(Nc1nccc(Nc2ccccc2Br)n1)c1ccccc1. The van der Waals surface area contributed by atoms with Crippen LogP contribution in [0.3, 0.4) is 0 Å². The number of hydrogen-bond acceptors (Lipinski definition) is 4. The summed E-state index contributed by atoms with van der Waals surface area (Å²) in [5, 5.41) is 6.61. The Morgan fingerprint density at radius 2 is 1.70 bits per heavy atom. The van der Waals surface area contributed by atoms with Gasteiger partial charge in [-0.05, 0) is 46.6 Å². The molecule has 1 atom stereocenters. The number of nitrogens with one attached hydrogen (secondary N) is 2. The van der Waals surface area contributed by atoms with Crippen molar-refractivity contribution in [3.8, 4) is 0 Å². The summed E-state index contributed by atoms with van der Waals surface area (Å²) < 4.78 is 0.991. The van der Waals surface area contributed by atoms with Gasteiger partial charge < -0.3 is 10.6 Å². The largest absolute Gasteiger partial charge is 0.348 e. The molecular weight excluding hydrogens is 352 g/mol. The lowest BCUT2D eigenvalue weighted by atomic mass is 10.1. The summed E-state index contributed by atoms with van der Waals surface area (Å²) in [4.78, 5) is 8.82. The van der Waals surface area contributed by atoms with Crippen LogP contribution in [0, 0.1) is 0 Å². The Morgan fingerprint density at radius 1 is 0.957 bits per heavy atom. The van der Waals surface area contributed by atoms with Gasteiger partial charge in [0.25, 0.3) is 0 Å². The van der Waals surface area contributed by atoms with Crippen LogP contribution in [0.2, 0.25) is 0 Å². The fraction of sp³-hybridized carbons (Fsp3) is 0.111. The number of para-hydroxylation sites is 1. The van der Waals surface area contributed by atoms with Crippen molar-refractivity contribution in [1.82, 2.24) is 9.97 Å². The van der Waals surface area contributed by atoms with E-state index in [4.69, 9.17) is 0 Å². The van der Waals surface area contributed by atoms with Gasteiger partial charge in [0.2, 0.25) is 5.95 Å². The van der Waals surface area contributed by atoms with Crippen LogP contribution in [0.25, 0.3) is 0 Å². The fourth-order valence-corrected chi connectivity index (χ4v) is 2.60. The summed E-state index contributed by atoms with van der Waals surface area (Å²) in [6.45, 7) is 2.09. The summed E-state index contributed by atoms with van der Waals surface area (Å²) in [5.41, 5.74) is 2.16. The topological polar surface area (TPSA) is 49.8 Å². The van der Waals surface area contributed by atoms with Crippen LogP contribution in [-0.2, 0) is 0 Å². The minimum atomic E-state index is 0.134. The summed E-state index contributed by atoms with van der Waals surface area (Å²) in [5.74, 6) is 1.34. The second kappa shape index (κ2) is 7.24. The second-order valence-electron chi connectivity index (χ2n) is 5.15. The maximum Gasteiger partial charge on any atom is 0.225 e. The van der Waals surface area contributed by atoms with Crippen LogP contribution in [-0.4, -0.2) is 9.97 Å². The summed E-state index contributed by atoms with van der Waals surface area (Å²) >= 11 is 3.52. The minimum Gasteiger partial charge on any atom is -0.348 e. The van der Waals surface area contributed by atoms with Crippen LogP contribution in [0.4, 0.5) is 17.5 Å². The van der Waals surface area contributed by atoms with Gasteiger partial charge >= 0.3 is 0 Å². The Kier molecular flexibility index (Phi) is 4.88. The van der Waals surface area contributed by atoms with E-state index in [2.05, 4.69) is 55.6 Å². The van der Waals surface area contributed by atoms with Gasteiger partial charge in [-0.25, -0.2) is 4.98 Å². The van der Waals surface area contributed by atoms with Gasteiger partial charge in [-0.1, -0.05) is 42.5 Å². The molecule has 0 fully saturated rings. The van der Waals surface area contributed by atoms with E-state index < -0.39 is 0 Å². The molecule has 0 saturated carbocycles. The van der Waals surface area contributed by atoms with E-state index in [0.29, 0.717) is 5.95 Å². The number of hydrogen-bond donors (Lipinski definition) is 2. The summed E-state index contributed by atoms with van der Waals surface area (Å²) in [7, 11) is 0. The van der Waals surface area contributed by atoms with Crippen molar-refractivity contribution in [2.45, 2.75) is 13.0 Å². The number of aromatic nitrogens is 2. The van der Waals surface area contributed by atoms with Crippen molar-refractivity contribution in [2.75, 3.05) is 10.6 Å². The molecule has 0 aliphatic carbocycles. The van der Waals surface area contributed by atoms with E-state index >= 15 is 0 Å².